The van der Waals surface area contributed by atoms with Gasteiger partial charge in [-0.25, -0.2) is 4.39 Å². The zero-order chi connectivity index (χ0) is 13.1. The quantitative estimate of drug-likeness (QED) is 0.871. The maximum Gasteiger partial charge on any atom is 0.284 e. The van der Waals surface area contributed by atoms with Crippen LogP contribution in [0.3, 0.4) is 0 Å². The summed E-state index contributed by atoms with van der Waals surface area (Å²) in [5.41, 5.74) is 0.448. The molecule has 0 saturated carbocycles. The number of hydrogen-bond acceptors (Lipinski definition) is 4. The van der Waals surface area contributed by atoms with Gasteiger partial charge in [-0.3, -0.25) is 4.79 Å². The number of aromatic nitrogens is 2. The average Bonchev–Trinajstić information content (AvgIpc) is 2.78. The van der Waals surface area contributed by atoms with Gasteiger partial charge in [0.25, 0.3) is 5.91 Å². The molecule has 0 aliphatic carbocycles. The summed E-state index contributed by atoms with van der Waals surface area (Å²) in [7, 11) is 1.57. The second kappa shape index (κ2) is 5.41. The summed E-state index contributed by atoms with van der Waals surface area (Å²) >= 11 is 6.61. The summed E-state index contributed by atoms with van der Waals surface area (Å²) in [6, 6.07) is 6.31. The number of carbonyl (C=O) groups is 1. The van der Waals surface area contributed by atoms with E-state index >= 15 is 0 Å². The summed E-state index contributed by atoms with van der Waals surface area (Å²) < 4.78 is 13.6. The van der Waals surface area contributed by atoms with Gasteiger partial charge in [0, 0.05) is 19.2 Å². The Kier molecular flexibility index (Phi) is 3.88. The molecule has 2 rings (SSSR count). The van der Waals surface area contributed by atoms with E-state index in [1.54, 1.807) is 25.2 Å². The lowest BCUT2D eigenvalue weighted by Crippen LogP contribution is -2.26. The SMILES string of the molecule is CN(Cc1ccccc1F)C(=O)c1nnc(Cl)s1. The first-order valence-corrected chi connectivity index (χ1v) is 6.25. The summed E-state index contributed by atoms with van der Waals surface area (Å²) in [4.78, 5) is 13.3. The molecule has 0 spiro atoms. The van der Waals surface area contributed by atoms with Gasteiger partial charge in [0.15, 0.2) is 0 Å². The molecule has 0 fully saturated rings. The van der Waals surface area contributed by atoms with Crippen LogP contribution in [0.25, 0.3) is 0 Å². The smallest absolute Gasteiger partial charge is 0.284 e. The molecule has 2 aromatic rings. The van der Waals surface area contributed by atoms with Crippen molar-refractivity contribution in [3.8, 4) is 0 Å². The van der Waals surface area contributed by atoms with Crippen LogP contribution in [0.4, 0.5) is 4.39 Å². The van der Waals surface area contributed by atoms with Crippen molar-refractivity contribution in [1.82, 2.24) is 15.1 Å². The fraction of sp³-hybridized carbons (Fsp3) is 0.182. The predicted molar refractivity (Wildman–Crippen MR) is 67.1 cm³/mol. The van der Waals surface area contributed by atoms with Crippen LogP contribution in [-0.4, -0.2) is 28.1 Å². The van der Waals surface area contributed by atoms with Crippen LogP contribution in [0.2, 0.25) is 4.47 Å². The number of halogens is 2. The Morgan fingerprint density at radius 2 is 2.17 bits per heavy atom. The van der Waals surface area contributed by atoms with Gasteiger partial charge in [-0.2, -0.15) is 0 Å². The monoisotopic (exact) mass is 285 g/mol. The van der Waals surface area contributed by atoms with Crippen molar-refractivity contribution in [2.75, 3.05) is 7.05 Å². The molecule has 1 heterocycles. The van der Waals surface area contributed by atoms with E-state index in [2.05, 4.69) is 10.2 Å². The first-order chi connectivity index (χ1) is 8.58. The Bertz CT molecular complexity index is 575. The van der Waals surface area contributed by atoms with Crippen molar-refractivity contribution in [3.05, 3.63) is 45.1 Å². The zero-order valence-corrected chi connectivity index (χ0v) is 11.0. The van der Waals surface area contributed by atoms with Gasteiger partial charge in [-0.05, 0) is 17.7 Å². The number of hydrogen-bond donors (Lipinski definition) is 0. The van der Waals surface area contributed by atoms with Crippen LogP contribution >= 0.6 is 22.9 Å². The molecule has 7 heteroatoms. The Labute approximate surface area is 112 Å². The maximum atomic E-state index is 13.4. The molecule has 1 aromatic carbocycles. The van der Waals surface area contributed by atoms with Gasteiger partial charge >= 0.3 is 0 Å². The van der Waals surface area contributed by atoms with Crippen molar-refractivity contribution in [3.63, 3.8) is 0 Å². The molecule has 0 bridgehead atoms. The van der Waals surface area contributed by atoms with Crippen molar-refractivity contribution >= 4 is 28.8 Å². The highest BCUT2D eigenvalue weighted by Crippen LogP contribution is 2.17. The van der Waals surface area contributed by atoms with Crippen LogP contribution in [0.15, 0.2) is 24.3 Å². The molecule has 1 amide bonds. The summed E-state index contributed by atoms with van der Waals surface area (Å²) in [5.74, 6) is -0.671. The molecule has 94 valence electrons. The first-order valence-electron chi connectivity index (χ1n) is 5.06. The van der Waals surface area contributed by atoms with Gasteiger partial charge in [0.1, 0.15) is 5.82 Å². The van der Waals surface area contributed by atoms with Crippen molar-refractivity contribution in [2.24, 2.45) is 0 Å². The average molecular weight is 286 g/mol. The fourth-order valence-corrected chi connectivity index (χ4v) is 2.23. The van der Waals surface area contributed by atoms with E-state index in [1.165, 1.54) is 11.0 Å². The van der Waals surface area contributed by atoms with E-state index in [0.29, 0.717) is 5.56 Å². The molecule has 0 N–H and O–H groups in total. The molecule has 1 aromatic heterocycles. The number of amides is 1. The minimum absolute atomic E-state index is 0.169. The standard InChI is InChI=1S/C11H9ClFN3OS/c1-16(6-7-4-2-3-5-8(7)13)10(17)9-14-15-11(12)18-9/h2-5H,6H2,1H3. The third-order valence-corrected chi connectivity index (χ3v) is 3.30. The van der Waals surface area contributed by atoms with Crippen molar-refractivity contribution < 1.29 is 9.18 Å². The molecular weight excluding hydrogens is 277 g/mol. The third-order valence-electron chi connectivity index (χ3n) is 2.30. The summed E-state index contributed by atoms with van der Waals surface area (Å²) in [5, 5.41) is 7.40. The molecule has 18 heavy (non-hydrogen) atoms. The van der Waals surface area contributed by atoms with E-state index in [-0.39, 0.29) is 27.7 Å². The van der Waals surface area contributed by atoms with E-state index in [1.807, 2.05) is 0 Å². The highest BCUT2D eigenvalue weighted by molar-refractivity contribution is 7.17. The number of rotatable bonds is 3. The molecule has 0 aliphatic rings. The summed E-state index contributed by atoms with van der Waals surface area (Å²) in [6.45, 7) is 0.169. The minimum Gasteiger partial charge on any atom is -0.335 e. The first kappa shape index (κ1) is 12.9. The maximum absolute atomic E-state index is 13.4. The van der Waals surface area contributed by atoms with Gasteiger partial charge in [0.2, 0.25) is 9.47 Å². The van der Waals surface area contributed by atoms with Crippen LogP contribution in [0.5, 0.6) is 0 Å². The molecule has 0 atom stereocenters. The predicted octanol–water partition coefficient (Wildman–Crippen LogP) is 2.60. The molecule has 4 nitrogen and oxygen atoms in total. The Balaban J connectivity index is 2.11. The second-order valence-electron chi connectivity index (χ2n) is 3.61. The second-order valence-corrected chi connectivity index (χ2v) is 5.17. The molecule has 0 saturated heterocycles. The molecule has 0 unspecified atom stereocenters. The van der Waals surface area contributed by atoms with Crippen LogP contribution in [-0.2, 0) is 6.54 Å². The van der Waals surface area contributed by atoms with Gasteiger partial charge in [0.05, 0.1) is 0 Å². The van der Waals surface area contributed by atoms with E-state index in [0.717, 1.165) is 11.3 Å². The minimum atomic E-state index is -0.340. The van der Waals surface area contributed by atoms with Crippen molar-refractivity contribution in [2.45, 2.75) is 6.54 Å². The Morgan fingerprint density at radius 3 is 2.78 bits per heavy atom. The lowest BCUT2D eigenvalue weighted by Gasteiger charge is -2.15. The Hall–Kier alpha value is -1.53. The molecular formula is C11H9ClFN3OS. The number of nitrogens with zero attached hydrogens (tertiary/aromatic N) is 3. The van der Waals surface area contributed by atoms with Gasteiger partial charge in [-0.15, -0.1) is 10.2 Å². The van der Waals surface area contributed by atoms with Crippen LogP contribution < -0.4 is 0 Å². The summed E-state index contributed by atoms with van der Waals surface area (Å²) in [6.07, 6.45) is 0. The van der Waals surface area contributed by atoms with Gasteiger partial charge < -0.3 is 4.90 Å². The lowest BCUT2D eigenvalue weighted by atomic mass is 10.2. The van der Waals surface area contributed by atoms with E-state index in [4.69, 9.17) is 11.6 Å². The third kappa shape index (κ3) is 2.83. The van der Waals surface area contributed by atoms with E-state index < -0.39 is 0 Å². The van der Waals surface area contributed by atoms with Crippen LogP contribution in [0.1, 0.15) is 15.4 Å². The van der Waals surface area contributed by atoms with Crippen LogP contribution in [0, 0.1) is 5.82 Å². The molecule has 0 aliphatic heterocycles. The topological polar surface area (TPSA) is 46.1 Å². The highest BCUT2D eigenvalue weighted by Gasteiger charge is 2.17. The van der Waals surface area contributed by atoms with E-state index in [9.17, 15) is 9.18 Å². The van der Waals surface area contributed by atoms with Crippen molar-refractivity contribution in [1.29, 1.82) is 0 Å². The Morgan fingerprint density at radius 1 is 1.44 bits per heavy atom. The highest BCUT2D eigenvalue weighted by atomic mass is 35.5. The largest absolute Gasteiger partial charge is 0.335 e. The number of benzene rings is 1. The van der Waals surface area contributed by atoms with Gasteiger partial charge in [-0.1, -0.05) is 29.5 Å². The fourth-order valence-electron chi connectivity index (χ4n) is 1.41. The lowest BCUT2D eigenvalue weighted by molar-refractivity contribution is 0.0782. The number of carbonyl (C=O) groups excluding carboxylic acids is 1. The molecule has 0 radical (unpaired) electrons. The zero-order valence-electron chi connectivity index (χ0n) is 9.43. The normalized spacial score (nSPS) is 10.4.